The van der Waals surface area contributed by atoms with Gasteiger partial charge in [0.1, 0.15) is 15.6 Å². The predicted octanol–water partition coefficient (Wildman–Crippen LogP) is 6.63. The normalized spacial score (nSPS) is 13.8. The minimum absolute atomic E-state index is 0.0290. The fourth-order valence-corrected chi connectivity index (χ4v) is 7.80. The van der Waals surface area contributed by atoms with Gasteiger partial charge < -0.3 is 4.74 Å². The Morgan fingerprint density at radius 1 is 1.00 bits per heavy atom. The van der Waals surface area contributed by atoms with Gasteiger partial charge in [0.2, 0.25) is 0 Å². The van der Waals surface area contributed by atoms with E-state index in [0.29, 0.717) is 10.9 Å². The topological polar surface area (TPSA) is 57.0 Å². The van der Waals surface area contributed by atoms with E-state index in [9.17, 15) is 4.79 Å². The largest absolute Gasteiger partial charge is 0.497 e. The Hall–Kier alpha value is -2.68. The summed E-state index contributed by atoms with van der Waals surface area (Å²) in [4.78, 5) is 26.0. The SMILES string of the molecule is COc1ccc(-n2c(SCc3nc4ccccc4s3)nc3sc4c(c3c2=O)CCCCC4)cc1. The summed E-state index contributed by atoms with van der Waals surface area (Å²) in [5.74, 6) is 1.43. The van der Waals surface area contributed by atoms with E-state index in [2.05, 4.69) is 6.07 Å². The Labute approximate surface area is 209 Å². The van der Waals surface area contributed by atoms with Crippen LogP contribution >= 0.6 is 34.4 Å². The molecule has 0 saturated heterocycles. The fraction of sp³-hybridized carbons (Fsp3) is 0.269. The first kappa shape index (κ1) is 21.8. The standard InChI is InChI=1S/C26H23N3O2S3/c1-31-17-13-11-16(12-14-17)29-25(30)23-18-7-3-2-4-9-20(18)34-24(23)28-26(29)32-15-22-27-19-8-5-6-10-21(19)33-22/h5-6,8,10-14H,2-4,7,9,15H2,1H3. The summed E-state index contributed by atoms with van der Waals surface area (Å²) in [5.41, 5.74) is 3.07. The molecular weight excluding hydrogens is 483 g/mol. The molecule has 0 aliphatic heterocycles. The highest BCUT2D eigenvalue weighted by atomic mass is 32.2. The summed E-state index contributed by atoms with van der Waals surface area (Å²) >= 11 is 4.97. The van der Waals surface area contributed by atoms with Gasteiger partial charge in [0, 0.05) is 4.88 Å². The van der Waals surface area contributed by atoms with E-state index in [1.165, 1.54) is 28.0 Å². The summed E-state index contributed by atoms with van der Waals surface area (Å²) in [7, 11) is 1.65. The minimum Gasteiger partial charge on any atom is -0.497 e. The van der Waals surface area contributed by atoms with Crippen molar-refractivity contribution in [1.29, 1.82) is 0 Å². The quantitative estimate of drug-likeness (QED) is 0.152. The van der Waals surface area contributed by atoms with E-state index >= 15 is 0 Å². The van der Waals surface area contributed by atoms with Crippen LogP contribution < -0.4 is 10.3 Å². The van der Waals surface area contributed by atoms with Gasteiger partial charge in [0.25, 0.3) is 5.56 Å². The molecule has 3 heterocycles. The van der Waals surface area contributed by atoms with Crippen molar-refractivity contribution >= 4 is 54.9 Å². The predicted molar refractivity (Wildman–Crippen MR) is 142 cm³/mol. The fourth-order valence-electron chi connectivity index (χ4n) is 4.53. The van der Waals surface area contributed by atoms with Gasteiger partial charge in [0.05, 0.1) is 34.2 Å². The molecule has 0 spiro atoms. The Morgan fingerprint density at radius 2 is 1.82 bits per heavy atom. The number of aryl methyl sites for hydroxylation is 2. The van der Waals surface area contributed by atoms with Crippen molar-refractivity contribution in [1.82, 2.24) is 14.5 Å². The molecule has 5 aromatic rings. The van der Waals surface area contributed by atoms with E-state index in [-0.39, 0.29) is 5.56 Å². The lowest BCUT2D eigenvalue weighted by molar-refractivity contribution is 0.414. The van der Waals surface area contributed by atoms with Gasteiger partial charge in [-0.15, -0.1) is 22.7 Å². The van der Waals surface area contributed by atoms with Crippen LogP contribution in [0.5, 0.6) is 5.75 Å². The molecule has 2 aromatic carbocycles. The van der Waals surface area contributed by atoms with Crippen molar-refractivity contribution in [3.8, 4) is 11.4 Å². The van der Waals surface area contributed by atoms with Crippen LogP contribution in [-0.4, -0.2) is 21.6 Å². The molecule has 0 fully saturated rings. The van der Waals surface area contributed by atoms with Gasteiger partial charge in [-0.2, -0.15) is 0 Å². The zero-order valence-corrected chi connectivity index (χ0v) is 21.2. The lowest BCUT2D eigenvalue weighted by Crippen LogP contribution is -2.22. The molecule has 0 radical (unpaired) electrons. The van der Waals surface area contributed by atoms with Crippen molar-refractivity contribution < 1.29 is 4.74 Å². The summed E-state index contributed by atoms with van der Waals surface area (Å²) < 4.78 is 8.28. The summed E-state index contributed by atoms with van der Waals surface area (Å²) in [6, 6.07) is 15.8. The number of thiophene rings is 1. The van der Waals surface area contributed by atoms with Crippen LogP contribution in [0.4, 0.5) is 0 Å². The maximum atomic E-state index is 14.0. The number of hydrogen-bond donors (Lipinski definition) is 0. The maximum Gasteiger partial charge on any atom is 0.267 e. The van der Waals surface area contributed by atoms with Crippen LogP contribution in [0.15, 0.2) is 58.5 Å². The average molecular weight is 506 g/mol. The van der Waals surface area contributed by atoms with Crippen LogP contribution in [-0.2, 0) is 18.6 Å². The summed E-state index contributed by atoms with van der Waals surface area (Å²) in [6.45, 7) is 0. The molecule has 5 nitrogen and oxygen atoms in total. The monoisotopic (exact) mass is 505 g/mol. The number of rotatable bonds is 5. The second-order valence-electron chi connectivity index (χ2n) is 8.34. The van der Waals surface area contributed by atoms with Gasteiger partial charge in [-0.05, 0) is 67.6 Å². The third-order valence-corrected chi connectivity index (χ3v) is 9.56. The van der Waals surface area contributed by atoms with Crippen molar-refractivity contribution in [2.24, 2.45) is 0 Å². The Kier molecular flexibility index (Phi) is 5.89. The first-order valence-electron chi connectivity index (χ1n) is 11.4. The van der Waals surface area contributed by atoms with Gasteiger partial charge >= 0.3 is 0 Å². The number of thiazole rings is 1. The molecule has 0 saturated carbocycles. The number of methoxy groups -OCH3 is 1. The van der Waals surface area contributed by atoms with Gasteiger partial charge in [0.15, 0.2) is 5.16 Å². The first-order chi connectivity index (χ1) is 16.7. The highest BCUT2D eigenvalue weighted by Gasteiger charge is 2.22. The Bertz CT molecular complexity index is 1520. The van der Waals surface area contributed by atoms with E-state index in [1.54, 1.807) is 46.1 Å². The van der Waals surface area contributed by atoms with Crippen LogP contribution in [0.3, 0.4) is 0 Å². The number of ether oxygens (including phenoxy) is 1. The zero-order valence-electron chi connectivity index (χ0n) is 18.7. The lowest BCUT2D eigenvalue weighted by Gasteiger charge is -2.13. The number of aromatic nitrogens is 3. The van der Waals surface area contributed by atoms with E-state index in [4.69, 9.17) is 14.7 Å². The molecule has 0 unspecified atom stereocenters. The van der Waals surface area contributed by atoms with Gasteiger partial charge in [-0.25, -0.2) is 9.97 Å². The number of hydrogen-bond acceptors (Lipinski definition) is 7. The van der Waals surface area contributed by atoms with Crippen molar-refractivity contribution in [3.05, 3.63) is 74.3 Å². The average Bonchev–Trinajstić information content (AvgIpc) is 3.36. The smallest absolute Gasteiger partial charge is 0.267 e. The summed E-state index contributed by atoms with van der Waals surface area (Å²) in [5, 5.41) is 2.55. The second-order valence-corrected chi connectivity index (χ2v) is 11.5. The minimum atomic E-state index is 0.0290. The Morgan fingerprint density at radius 3 is 2.65 bits per heavy atom. The number of fused-ring (bicyclic) bond motifs is 4. The molecule has 0 N–H and O–H groups in total. The molecule has 34 heavy (non-hydrogen) atoms. The van der Waals surface area contributed by atoms with Crippen molar-refractivity contribution in [2.45, 2.75) is 43.0 Å². The third kappa shape index (κ3) is 3.93. The highest BCUT2D eigenvalue weighted by Crippen LogP contribution is 2.36. The zero-order chi connectivity index (χ0) is 23.1. The third-order valence-electron chi connectivity index (χ3n) is 6.20. The van der Waals surface area contributed by atoms with Crippen molar-refractivity contribution in [2.75, 3.05) is 7.11 Å². The van der Waals surface area contributed by atoms with Gasteiger partial charge in [-0.1, -0.05) is 30.3 Å². The number of benzene rings is 2. The van der Waals surface area contributed by atoms with E-state index in [1.807, 2.05) is 42.5 Å². The number of nitrogens with zero attached hydrogens (tertiary/aromatic N) is 3. The van der Waals surface area contributed by atoms with Crippen LogP contribution in [0, 0.1) is 0 Å². The Balaban J connectivity index is 1.47. The first-order valence-corrected chi connectivity index (χ1v) is 14.0. The molecule has 0 amide bonds. The van der Waals surface area contributed by atoms with Crippen LogP contribution in [0.2, 0.25) is 0 Å². The number of thioether (sulfide) groups is 1. The van der Waals surface area contributed by atoms with Crippen LogP contribution in [0.1, 0.15) is 34.7 Å². The maximum absolute atomic E-state index is 14.0. The molecule has 0 atom stereocenters. The molecule has 3 aromatic heterocycles. The molecular formula is C26H23N3O2S3. The van der Waals surface area contributed by atoms with Gasteiger partial charge in [-0.3, -0.25) is 9.36 Å². The van der Waals surface area contributed by atoms with E-state index in [0.717, 1.165) is 51.4 Å². The molecule has 8 heteroatoms. The number of para-hydroxylation sites is 1. The highest BCUT2D eigenvalue weighted by molar-refractivity contribution is 7.98. The summed E-state index contributed by atoms with van der Waals surface area (Å²) in [6.07, 6.45) is 5.55. The van der Waals surface area contributed by atoms with Crippen molar-refractivity contribution in [3.63, 3.8) is 0 Å². The lowest BCUT2D eigenvalue weighted by atomic mass is 10.1. The second kappa shape index (κ2) is 9.17. The van der Waals surface area contributed by atoms with Crippen LogP contribution in [0.25, 0.3) is 26.1 Å². The molecule has 1 aliphatic carbocycles. The molecule has 172 valence electrons. The molecule has 6 rings (SSSR count). The molecule has 1 aliphatic rings. The molecule has 0 bridgehead atoms. The van der Waals surface area contributed by atoms with E-state index < -0.39 is 0 Å².